The van der Waals surface area contributed by atoms with Gasteiger partial charge in [0.25, 0.3) is 0 Å². The molecule has 0 spiro atoms. The van der Waals surface area contributed by atoms with Gasteiger partial charge in [-0.1, -0.05) is 55.4 Å². The minimum atomic E-state index is -0.116. The molecule has 0 saturated heterocycles. The topological polar surface area (TPSA) is 85.6 Å². The number of nitrogens with one attached hydrogen (secondary N) is 1. The molecule has 164 valence electrons. The predicted molar refractivity (Wildman–Crippen MR) is 128 cm³/mol. The number of carbonyl (C=O) groups is 1. The number of anilines is 1. The molecule has 3 heterocycles. The lowest BCUT2D eigenvalue weighted by atomic mass is 9.90. The number of allylic oxidation sites excluding steroid dienone is 1. The van der Waals surface area contributed by atoms with Gasteiger partial charge in [-0.2, -0.15) is 0 Å². The molecule has 7 nitrogen and oxygen atoms in total. The number of thiophene rings is 1. The summed E-state index contributed by atoms with van der Waals surface area (Å²) in [4.78, 5) is 13.8. The molecule has 3 aromatic rings. The van der Waals surface area contributed by atoms with Gasteiger partial charge in [0.2, 0.25) is 11.0 Å². The second kappa shape index (κ2) is 10.5. The summed E-state index contributed by atoms with van der Waals surface area (Å²) in [6.07, 6.45) is 8.96. The fraction of sp³-hybridized carbons (Fsp3) is 0.476. The van der Waals surface area contributed by atoms with Crippen LogP contribution in [0.2, 0.25) is 0 Å². The first kappa shape index (κ1) is 22.2. The number of thioether (sulfide) groups is 1. The summed E-state index contributed by atoms with van der Waals surface area (Å²) in [7, 11) is 0. The van der Waals surface area contributed by atoms with Crippen molar-refractivity contribution in [2.45, 2.75) is 63.1 Å². The molecule has 31 heavy (non-hydrogen) atoms. The van der Waals surface area contributed by atoms with E-state index < -0.39 is 0 Å². The summed E-state index contributed by atoms with van der Waals surface area (Å²) in [5.74, 6) is 1.42. The van der Waals surface area contributed by atoms with Crippen molar-refractivity contribution in [2.75, 3.05) is 11.1 Å². The standard InChI is InChI=1S/C21H26N6OS3/c1-3-10-27-18(15-11-16(4-2)29-12-15)23-26-21(27)30-13-17(28)22-20-25-24-19(31-20)14-8-6-5-7-9-14/h3,11-12,14H,1,4-10,13H2,2H3,(H,22,25,28). The normalized spacial score (nSPS) is 14.6. The van der Waals surface area contributed by atoms with Gasteiger partial charge in [-0.05, 0) is 25.3 Å². The third-order valence-corrected chi connectivity index (χ3v) is 8.31. The summed E-state index contributed by atoms with van der Waals surface area (Å²) in [5.41, 5.74) is 1.05. The zero-order valence-electron chi connectivity index (χ0n) is 17.5. The van der Waals surface area contributed by atoms with Crippen LogP contribution in [0.1, 0.15) is 54.8 Å². The van der Waals surface area contributed by atoms with Crippen LogP contribution in [-0.2, 0) is 17.8 Å². The number of amides is 1. The number of aryl methyl sites for hydroxylation is 1. The Labute approximate surface area is 194 Å². The zero-order chi connectivity index (χ0) is 21.6. The molecule has 1 N–H and O–H groups in total. The maximum Gasteiger partial charge on any atom is 0.236 e. The second-order valence-electron chi connectivity index (χ2n) is 7.48. The lowest BCUT2D eigenvalue weighted by Gasteiger charge is -2.18. The molecule has 0 aliphatic heterocycles. The highest BCUT2D eigenvalue weighted by molar-refractivity contribution is 7.99. The molecule has 0 aromatic carbocycles. The van der Waals surface area contributed by atoms with E-state index in [1.165, 1.54) is 60.1 Å². The molecule has 1 aliphatic rings. The zero-order valence-corrected chi connectivity index (χ0v) is 20.0. The van der Waals surface area contributed by atoms with Gasteiger partial charge < -0.3 is 0 Å². The highest BCUT2D eigenvalue weighted by Crippen LogP contribution is 2.35. The Balaban J connectivity index is 1.38. The molecule has 10 heteroatoms. The lowest BCUT2D eigenvalue weighted by Crippen LogP contribution is -2.14. The quantitative estimate of drug-likeness (QED) is 0.331. The minimum absolute atomic E-state index is 0.116. The maximum atomic E-state index is 12.5. The molecule has 1 saturated carbocycles. The van der Waals surface area contributed by atoms with Gasteiger partial charge >= 0.3 is 0 Å². The van der Waals surface area contributed by atoms with Crippen LogP contribution in [0, 0.1) is 0 Å². The molecule has 3 aromatic heterocycles. The van der Waals surface area contributed by atoms with Gasteiger partial charge in [0, 0.05) is 28.3 Å². The van der Waals surface area contributed by atoms with Crippen molar-refractivity contribution in [3.8, 4) is 11.4 Å². The summed E-state index contributed by atoms with van der Waals surface area (Å²) in [6, 6.07) is 2.15. The second-order valence-corrected chi connectivity index (χ2v) is 10.4. The average molecular weight is 475 g/mol. The van der Waals surface area contributed by atoms with E-state index in [0.29, 0.717) is 22.8 Å². The SMILES string of the molecule is C=CCn1c(SCC(=O)Nc2nnc(C3CCCCC3)s2)nnc1-c1csc(CC)c1. The Morgan fingerprint density at radius 2 is 2.13 bits per heavy atom. The van der Waals surface area contributed by atoms with E-state index in [4.69, 9.17) is 0 Å². The van der Waals surface area contributed by atoms with Crippen molar-refractivity contribution < 1.29 is 4.79 Å². The van der Waals surface area contributed by atoms with E-state index in [0.717, 1.165) is 22.8 Å². The van der Waals surface area contributed by atoms with Gasteiger partial charge in [0.1, 0.15) is 5.01 Å². The third-order valence-electron chi connectivity index (χ3n) is 5.26. The van der Waals surface area contributed by atoms with Crippen molar-refractivity contribution in [1.29, 1.82) is 0 Å². The Morgan fingerprint density at radius 3 is 2.87 bits per heavy atom. The first-order valence-corrected chi connectivity index (χ1v) is 13.2. The third kappa shape index (κ3) is 5.42. The van der Waals surface area contributed by atoms with E-state index in [2.05, 4.69) is 50.7 Å². The molecule has 0 bridgehead atoms. The number of nitrogens with zero attached hydrogens (tertiary/aromatic N) is 5. The summed E-state index contributed by atoms with van der Waals surface area (Å²) in [6.45, 7) is 6.58. The van der Waals surface area contributed by atoms with Crippen LogP contribution >= 0.6 is 34.4 Å². The largest absolute Gasteiger partial charge is 0.300 e. The maximum absolute atomic E-state index is 12.5. The molecule has 1 amide bonds. The van der Waals surface area contributed by atoms with E-state index in [1.54, 1.807) is 11.3 Å². The van der Waals surface area contributed by atoms with Crippen LogP contribution in [0.5, 0.6) is 0 Å². The molecule has 0 unspecified atom stereocenters. The van der Waals surface area contributed by atoms with E-state index in [9.17, 15) is 4.79 Å². The van der Waals surface area contributed by atoms with Crippen molar-refractivity contribution in [3.05, 3.63) is 34.0 Å². The molecule has 0 radical (unpaired) electrons. The molecular formula is C21H26N6OS3. The molecule has 1 fully saturated rings. The smallest absolute Gasteiger partial charge is 0.236 e. The monoisotopic (exact) mass is 474 g/mol. The summed E-state index contributed by atoms with van der Waals surface area (Å²) in [5, 5.41) is 24.5. The van der Waals surface area contributed by atoms with E-state index >= 15 is 0 Å². The number of carbonyl (C=O) groups excluding carboxylic acids is 1. The van der Waals surface area contributed by atoms with Gasteiger partial charge in [0.05, 0.1) is 5.75 Å². The number of aromatic nitrogens is 5. The van der Waals surface area contributed by atoms with Crippen molar-refractivity contribution >= 4 is 45.5 Å². The first-order valence-electron chi connectivity index (χ1n) is 10.6. The van der Waals surface area contributed by atoms with Gasteiger partial charge in [-0.25, -0.2) is 0 Å². The van der Waals surface area contributed by atoms with Gasteiger partial charge in [-0.3, -0.25) is 14.7 Å². The summed E-state index contributed by atoms with van der Waals surface area (Å²) < 4.78 is 2.00. The van der Waals surface area contributed by atoms with E-state index in [-0.39, 0.29) is 11.7 Å². The van der Waals surface area contributed by atoms with Crippen molar-refractivity contribution in [2.24, 2.45) is 0 Å². The number of hydrogen-bond donors (Lipinski definition) is 1. The van der Waals surface area contributed by atoms with Crippen LogP contribution in [-0.4, -0.2) is 36.6 Å². The van der Waals surface area contributed by atoms with Crippen LogP contribution in [0.15, 0.2) is 29.3 Å². The van der Waals surface area contributed by atoms with Crippen molar-refractivity contribution in [1.82, 2.24) is 25.0 Å². The first-order chi connectivity index (χ1) is 15.2. The van der Waals surface area contributed by atoms with Crippen molar-refractivity contribution in [3.63, 3.8) is 0 Å². The fourth-order valence-electron chi connectivity index (χ4n) is 3.67. The van der Waals surface area contributed by atoms with Gasteiger partial charge in [0.15, 0.2) is 11.0 Å². The van der Waals surface area contributed by atoms with Crippen LogP contribution < -0.4 is 5.32 Å². The highest BCUT2D eigenvalue weighted by Gasteiger charge is 2.21. The average Bonchev–Trinajstić information content (AvgIpc) is 3.53. The predicted octanol–water partition coefficient (Wildman–Crippen LogP) is 5.39. The van der Waals surface area contributed by atoms with Crippen LogP contribution in [0.4, 0.5) is 5.13 Å². The molecule has 0 atom stereocenters. The van der Waals surface area contributed by atoms with Crippen LogP contribution in [0.25, 0.3) is 11.4 Å². The molecular weight excluding hydrogens is 448 g/mol. The fourth-order valence-corrected chi connectivity index (χ4v) is 6.16. The van der Waals surface area contributed by atoms with Gasteiger partial charge in [-0.15, -0.1) is 38.3 Å². The highest BCUT2D eigenvalue weighted by atomic mass is 32.2. The Bertz CT molecular complexity index is 1030. The Hall–Kier alpha value is -2.04. The molecule has 4 rings (SSSR count). The minimum Gasteiger partial charge on any atom is -0.300 e. The number of rotatable bonds is 9. The number of hydrogen-bond acceptors (Lipinski definition) is 8. The van der Waals surface area contributed by atoms with Crippen LogP contribution in [0.3, 0.4) is 0 Å². The molecule has 1 aliphatic carbocycles. The summed E-state index contributed by atoms with van der Waals surface area (Å²) >= 11 is 4.59. The van der Waals surface area contributed by atoms with E-state index in [1.807, 2.05) is 10.6 Å². The Morgan fingerprint density at radius 1 is 1.29 bits per heavy atom. The lowest BCUT2D eigenvalue weighted by molar-refractivity contribution is -0.113. The Kier molecular flexibility index (Phi) is 7.52.